The fourth-order valence-corrected chi connectivity index (χ4v) is 2.54. The molecule has 1 aliphatic heterocycles. The van der Waals surface area contributed by atoms with Gasteiger partial charge in [0.1, 0.15) is 5.69 Å². The van der Waals surface area contributed by atoms with E-state index >= 15 is 0 Å². The molecule has 1 N–H and O–H groups in total. The van der Waals surface area contributed by atoms with Crippen LogP contribution in [0.3, 0.4) is 0 Å². The van der Waals surface area contributed by atoms with E-state index in [2.05, 4.69) is 15.6 Å². The van der Waals surface area contributed by atoms with E-state index in [9.17, 15) is 14.4 Å². The number of rotatable bonds is 8. The summed E-state index contributed by atoms with van der Waals surface area (Å²) in [5.41, 5.74) is 0.552. The number of hydrogen-bond donors (Lipinski definition) is 1. The maximum atomic E-state index is 12.1. The van der Waals surface area contributed by atoms with Crippen molar-refractivity contribution in [1.29, 1.82) is 0 Å². The van der Waals surface area contributed by atoms with E-state index in [1.807, 2.05) is 34.6 Å². The van der Waals surface area contributed by atoms with Crippen molar-refractivity contribution in [3.63, 3.8) is 0 Å². The number of amides is 3. The standard InChI is InChI=1S/C16H25N5O3.C2H6.H2/c1-4-12-7-15(23)21(16(12)24)10-13-9-20(19-18-13)6-5-14(22)17-8-11(2)3;1-2;/h9,11-12H,4-8,10H2,1-3H3,(H,17,22);1-2H3;1H. The molecule has 2 heterocycles. The summed E-state index contributed by atoms with van der Waals surface area (Å²) in [5.74, 6) is -0.123. The van der Waals surface area contributed by atoms with Crippen molar-refractivity contribution < 1.29 is 15.8 Å². The molecule has 1 aliphatic rings. The van der Waals surface area contributed by atoms with Crippen molar-refractivity contribution in [2.45, 2.75) is 67.0 Å². The third-order valence-electron chi connectivity index (χ3n) is 4.01. The molecule has 1 fully saturated rings. The maximum absolute atomic E-state index is 12.1. The van der Waals surface area contributed by atoms with Crippen LogP contribution in [0.1, 0.15) is 61.0 Å². The molecule has 1 unspecified atom stereocenters. The molecule has 0 aliphatic carbocycles. The van der Waals surface area contributed by atoms with Crippen molar-refractivity contribution >= 4 is 17.7 Å². The molecule has 8 heteroatoms. The molecule has 0 aromatic carbocycles. The van der Waals surface area contributed by atoms with Crippen LogP contribution >= 0.6 is 0 Å². The highest BCUT2D eigenvalue weighted by molar-refractivity contribution is 6.03. The minimum absolute atomic E-state index is 0. The van der Waals surface area contributed by atoms with E-state index in [4.69, 9.17) is 0 Å². The van der Waals surface area contributed by atoms with Crippen molar-refractivity contribution in [3.8, 4) is 0 Å². The number of carbonyl (C=O) groups excluding carboxylic acids is 3. The Morgan fingerprint density at radius 1 is 1.38 bits per heavy atom. The minimum Gasteiger partial charge on any atom is -0.356 e. The van der Waals surface area contributed by atoms with E-state index in [1.165, 1.54) is 4.90 Å². The predicted molar refractivity (Wildman–Crippen MR) is 99.9 cm³/mol. The van der Waals surface area contributed by atoms with Crippen LogP contribution in [0.25, 0.3) is 0 Å². The predicted octanol–water partition coefficient (Wildman–Crippen LogP) is 2.00. The van der Waals surface area contributed by atoms with Crippen LogP contribution in [0.15, 0.2) is 6.20 Å². The molecule has 0 radical (unpaired) electrons. The average Bonchev–Trinajstić information content (AvgIpc) is 3.19. The highest BCUT2D eigenvalue weighted by Gasteiger charge is 2.37. The summed E-state index contributed by atoms with van der Waals surface area (Å²) in [4.78, 5) is 36.9. The number of nitrogens with zero attached hydrogens (tertiary/aromatic N) is 4. The molecule has 1 aromatic heterocycles. The minimum atomic E-state index is -0.211. The Hall–Kier alpha value is -2.25. The van der Waals surface area contributed by atoms with Gasteiger partial charge in [0.2, 0.25) is 17.7 Å². The monoisotopic (exact) mass is 367 g/mol. The first-order valence-electron chi connectivity index (χ1n) is 9.40. The van der Waals surface area contributed by atoms with Crippen LogP contribution in [0.2, 0.25) is 0 Å². The first-order valence-corrected chi connectivity index (χ1v) is 9.40. The Balaban J connectivity index is 0.00000218. The Bertz CT molecular complexity index is 618. The fourth-order valence-electron chi connectivity index (χ4n) is 2.54. The van der Waals surface area contributed by atoms with Gasteiger partial charge in [0.15, 0.2) is 0 Å². The number of likely N-dealkylation sites (tertiary alicyclic amines) is 1. The van der Waals surface area contributed by atoms with Gasteiger partial charge in [-0.25, -0.2) is 0 Å². The van der Waals surface area contributed by atoms with Crippen molar-refractivity contribution in [2.75, 3.05) is 6.54 Å². The summed E-state index contributed by atoms with van der Waals surface area (Å²) in [6.45, 7) is 11.2. The van der Waals surface area contributed by atoms with E-state index in [0.29, 0.717) is 37.5 Å². The Morgan fingerprint density at radius 3 is 2.65 bits per heavy atom. The Morgan fingerprint density at radius 2 is 2.08 bits per heavy atom. The molecule has 148 valence electrons. The van der Waals surface area contributed by atoms with E-state index < -0.39 is 0 Å². The molecule has 26 heavy (non-hydrogen) atoms. The number of aromatic nitrogens is 3. The van der Waals surface area contributed by atoms with Gasteiger partial charge in [-0.2, -0.15) is 0 Å². The summed E-state index contributed by atoms with van der Waals surface area (Å²) < 4.78 is 1.56. The van der Waals surface area contributed by atoms with Gasteiger partial charge < -0.3 is 5.32 Å². The van der Waals surface area contributed by atoms with E-state index in [0.717, 1.165) is 0 Å². The second kappa shape index (κ2) is 10.7. The van der Waals surface area contributed by atoms with Crippen LogP contribution in [0, 0.1) is 11.8 Å². The normalized spacial score (nSPS) is 16.7. The molecular weight excluding hydrogens is 334 g/mol. The highest BCUT2D eigenvalue weighted by atomic mass is 16.2. The largest absolute Gasteiger partial charge is 0.356 e. The molecule has 3 amide bonds. The van der Waals surface area contributed by atoms with Gasteiger partial charge in [-0.3, -0.25) is 24.0 Å². The topological polar surface area (TPSA) is 97.2 Å². The van der Waals surface area contributed by atoms with Crippen LogP contribution in [0.4, 0.5) is 0 Å². The Labute approximate surface area is 156 Å². The molecule has 1 atom stereocenters. The number of nitrogens with one attached hydrogen (secondary N) is 1. The summed E-state index contributed by atoms with van der Waals surface area (Å²) in [6.07, 6.45) is 2.93. The third-order valence-corrected chi connectivity index (χ3v) is 4.01. The van der Waals surface area contributed by atoms with Crippen molar-refractivity contribution in [3.05, 3.63) is 11.9 Å². The fraction of sp³-hybridized carbons (Fsp3) is 0.722. The zero-order valence-electron chi connectivity index (χ0n) is 16.5. The first-order chi connectivity index (χ1) is 12.4. The highest BCUT2D eigenvalue weighted by Crippen LogP contribution is 2.23. The van der Waals surface area contributed by atoms with Crippen molar-refractivity contribution in [1.82, 2.24) is 25.2 Å². The van der Waals surface area contributed by atoms with Crippen LogP contribution in [-0.2, 0) is 27.5 Å². The number of aryl methyl sites for hydroxylation is 1. The lowest BCUT2D eigenvalue weighted by atomic mass is 10.1. The quantitative estimate of drug-likeness (QED) is 0.709. The molecule has 8 nitrogen and oxygen atoms in total. The maximum Gasteiger partial charge on any atom is 0.233 e. The van der Waals surface area contributed by atoms with Gasteiger partial charge >= 0.3 is 0 Å². The molecule has 0 bridgehead atoms. The lowest BCUT2D eigenvalue weighted by Crippen LogP contribution is -2.30. The summed E-state index contributed by atoms with van der Waals surface area (Å²) >= 11 is 0. The first kappa shape index (κ1) is 21.8. The second-order valence-electron chi connectivity index (χ2n) is 6.55. The van der Waals surface area contributed by atoms with Gasteiger partial charge in [-0.1, -0.05) is 39.8 Å². The zero-order chi connectivity index (χ0) is 19.7. The van der Waals surface area contributed by atoms with Crippen LogP contribution in [0.5, 0.6) is 0 Å². The van der Waals surface area contributed by atoms with Gasteiger partial charge in [0.05, 0.1) is 19.3 Å². The molecule has 0 saturated carbocycles. The molecular formula is C18H33N5O3. The SMILES string of the molecule is CC.CCC1CC(=O)N(Cc2cn(CCC(=O)NCC(C)C)nn2)C1=O.[HH]. The van der Waals surface area contributed by atoms with Gasteiger partial charge in [0, 0.05) is 26.7 Å². The van der Waals surface area contributed by atoms with Crippen molar-refractivity contribution in [2.24, 2.45) is 11.8 Å². The molecule has 1 saturated heterocycles. The van der Waals surface area contributed by atoms with Crippen LogP contribution < -0.4 is 5.32 Å². The Kier molecular flexibility index (Phi) is 8.95. The lowest BCUT2D eigenvalue weighted by molar-refractivity contribution is -0.140. The number of carbonyl (C=O) groups is 3. The molecule has 1 aromatic rings. The smallest absolute Gasteiger partial charge is 0.233 e. The number of hydrogen-bond acceptors (Lipinski definition) is 5. The van der Waals surface area contributed by atoms with Crippen LogP contribution in [-0.4, -0.2) is 44.2 Å². The van der Waals surface area contributed by atoms with Gasteiger partial charge in [-0.15, -0.1) is 5.10 Å². The van der Waals surface area contributed by atoms with E-state index in [1.54, 1.807) is 10.9 Å². The summed E-state index contributed by atoms with van der Waals surface area (Å²) in [5, 5.41) is 10.8. The molecule has 2 rings (SSSR count). The third kappa shape index (κ3) is 6.24. The summed E-state index contributed by atoms with van der Waals surface area (Å²) in [7, 11) is 0. The second-order valence-corrected chi connectivity index (χ2v) is 6.55. The van der Waals surface area contributed by atoms with Gasteiger partial charge in [-0.05, 0) is 12.3 Å². The van der Waals surface area contributed by atoms with Gasteiger partial charge in [0.25, 0.3) is 0 Å². The van der Waals surface area contributed by atoms with E-state index in [-0.39, 0.29) is 38.0 Å². The average molecular weight is 367 g/mol. The summed E-state index contributed by atoms with van der Waals surface area (Å²) in [6, 6.07) is 0. The molecule has 0 spiro atoms. The lowest BCUT2D eigenvalue weighted by Gasteiger charge is -2.12. The number of imide groups is 1. The zero-order valence-corrected chi connectivity index (χ0v) is 16.5.